The van der Waals surface area contributed by atoms with Crippen LogP contribution in [0.5, 0.6) is 5.75 Å². The van der Waals surface area contributed by atoms with Gasteiger partial charge in [-0.05, 0) is 31.5 Å². The lowest BCUT2D eigenvalue weighted by molar-refractivity contribution is 0.104. The molecule has 0 spiro atoms. The number of hydrogen-bond donors (Lipinski definition) is 1. The van der Waals surface area contributed by atoms with Crippen LogP contribution in [-0.4, -0.2) is 42.5 Å². The average molecular weight is 389 g/mol. The van der Waals surface area contributed by atoms with Crippen LogP contribution in [0.2, 0.25) is 0 Å². The summed E-state index contributed by atoms with van der Waals surface area (Å²) in [5.41, 5.74) is 4.67. The molecule has 6 rings (SSSR count). The molecular formula is C23H20FN3O2. The zero-order valence-corrected chi connectivity index (χ0v) is 16.3. The molecule has 146 valence electrons. The molecule has 2 aliphatic heterocycles. The first kappa shape index (κ1) is 16.9. The molecule has 5 nitrogen and oxygen atoms in total. The van der Waals surface area contributed by atoms with Gasteiger partial charge in [-0.15, -0.1) is 0 Å². The summed E-state index contributed by atoms with van der Waals surface area (Å²) in [6, 6.07) is 7.19. The molecule has 3 heterocycles. The van der Waals surface area contributed by atoms with Crippen molar-refractivity contribution in [3.8, 4) is 16.9 Å². The van der Waals surface area contributed by atoms with Crippen LogP contribution in [0.4, 0.5) is 10.1 Å². The fourth-order valence-corrected chi connectivity index (χ4v) is 5.05. The van der Waals surface area contributed by atoms with E-state index in [2.05, 4.69) is 22.1 Å². The van der Waals surface area contributed by atoms with E-state index in [1.165, 1.54) is 6.07 Å². The van der Waals surface area contributed by atoms with Crippen LogP contribution in [0.15, 0.2) is 30.5 Å². The number of benzene rings is 2. The zero-order chi connectivity index (χ0) is 19.9. The second kappa shape index (κ2) is 5.76. The number of halogens is 1. The first-order valence-electron chi connectivity index (χ1n) is 9.97. The van der Waals surface area contributed by atoms with Gasteiger partial charge in [0, 0.05) is 46.8 Å². The molecule has 1 saturated heterocycles. The number of aromatic nitrogens is 1. The Labute approximate surface area is 167 Å². The number of ether oxygens (including phenoxy) is 1. The minimum Gasteiger partial charge on any atom is -0.488 e. The van der Waals surface area contributed by atoms with Crippen LogP contribution in [0.3, 0.4) is 0 Å². The number of ketones is 1. The SMILES string of the molecule is Cc1c2c(cc3c4c(cnc13)OC[C@H]1CN[C@H](C)CN41)C(=O)c1cccc(F)c1-2. The number of hydrogen-bond acceptors (Lipinski definition) is 5. The maximum Gasteiger partial charge on any atom is 0.194 e. The Kier molecular flexibility index (Phi) is 3.36. The van der Waals surface area contributed by atoms with Gasteiger partial charge < -0.3 is 15.0 Å². The molecule has 2 atom stereocenters. The minimum absolute atomic E-state index is 0.126. The smallest absolute Gasteiger partial charge is 0.194 e. The molecule has 1 aliphatic carbocycles. The summed E-state index contributed by atoms with van der Waals surface area (Å²) in [5.74, 6) is 0.254. The standard InChI is InChI=1S/C23H20FN3O2/c1-11-9-27-13(7-25-11)10-29-18-8-26-21-12(2)19-15(6-16(21)22(18)27)23(28)14-4-3-5-17(24)20(14)19/h3-6,8,11,13,25H,7,9-10H2,1-2H3/t11-,13-/m1/s1. The fourth-order valence-electron chi connectivity index (χ4n) is 5.05. The minimum atomic E-state index is -0.366. The molecule has 29 heavy (non-hydrogen) atoms. The van der Waals surface area contributed by atoms with Gasteiger partial charge in [0.05, 0.1) is 23.4 Å². The van der Waals surface area contributed by atoms with E-state index in [9.17, 15) is 9.18 Å². The van der Waals surface area contributed by atoms with E-state index >= 15 is 0 Å². The number of piperazine rings is 1. The summed E-state index contributed by atoms with van der Waals surface area (Å²) >= 11 is 0. The Bertz CT molecular complexity index is 1220. The summed E-state index contributed by atoms with van der Waals surface area (Å²) in [6.07, 6.45) is 1.76. The van der Waals surface area contributed by atoms with Gasteiger partial charge in [0.25, 0.3) is 0 Å². The largest absolute Gasteiger partial charge is 0.488 e. The number of nitrogens with zero attached hydrogens (tertiary/aromatic N) is 2. The van der Waals surface area contributed by atoms with Crippen molar-refractivity contribution in [1.29, 1.82) is 0 Å². The molecule has 2 aromatic carbocycles. The molecule has 3 aromatic rings. The average Bonchev–Trinajstić information content (AvgIpc) is 3.01. The van der Waals surface area contributed by atoms with Gasteiger partial charge >= 0.3 is 0 Å². The monoisotopic (exact) mass is 389 g/mol. The van der Waals surface area contributed by atoms with Gasteiger partial charge in [0.15, 0.2) is 11.5 Å². The van der Waals surface area contributed by atoms with E-state index in [1.54, 1.807) is 18.3 Å². The number of fused-ring (bicyclic) bond motifs is 8. The predicted molar refractivity (Wildman–Crippen MR) is 109 cm³/mol. The molecule has 6 heteroatoms. The third-order valence-corrected chi connectivity index (χ3v) is 6.43. The topological polar surface area (TPSA) is 54.5 Å². The van der Waals surface area contributed by atoms with Crippen LogP contribution < -0.4 is 15.0 Å². The van der Waals surface area contributed by atoms with Crippen LogP contribution in [-0.2, 0) is 0 Å². The normalized spacial score (nSPS) is 22.0. The summed E-state index contributed by atoms with van der Waals surface area (Å²) in [6.45, 7) is 6.42. The van der Waals surface area contributed by atoms with E-state index in [0.29, 0.717) is 34.9 Å². The number of pyridine rings is 1. The lowest BCUT2D eigenvalue weighted by atomic mass is 9.94. The van der Waals surface area contributed by atoms with E-state index in [0.717, 1.165) is 41.0 Å². The summed E-state index contributed by atoms with van der Waals surface area (Å²) < 4.78 is 20.7. The fraction of sp³-hybridized carbons (Fsp3) is 0.304. The van der Waals surface area contributed by atoms with Crippen molar-refractivity contribution < 1.29 is 13.9 Å². The van der Waals surface area contributed by atoms with E-state index in [1.807, 2.05) is 13.0 Å². The van der Waals surface area contributed by atoms with Gasteiger partial charge in [0.2, 0.25) is 0 Å². The van der Waals surface area contributed by atoms with Crippen LogP contribution in [0.1, 0.15) is 28.4 Å². The third kappa shape index (κ3) is 2.18. The maximum absolute atomic E-state index is 14.7. The molecule has 0 unspecified atom stereocenters. The number of aryl methyl sites for hydroxylation is 1. The number of anilines is 1. The highest BCUT2D eigenvalue weighted by molar-refractivity contribution is 6.24. The Balaban J connectivity index is 1.66. The van der Waals surface area contributed by atoms with Gasteiger partial charge in [-0.25, -0.2) is 4.39 Å². The Morgan fingerprint density at radius 1 is 1.28 bits per heavy atom. The van der Waals surface area contributed by atoms with Gasteiger partial charge in [0.1, 0.15) is 12.4 Å². The zero-order valence-electron chi connectivity index (χ0n) is 16.3. The van der Waals surface area contributed by atoms with Crippen LogP contribution in [0, 0.1) is 12.7 Å². The quantitative estimate of drug-likeness (QED) is 0.499. The van der Waals surface area contributed by atoms with Gasteiger partial charge in [-0.2, -0.15) is 0 Å². The van der Waals surface area contributed by atoms with Gasteiger partial charge in [-0.1, -0.05) is 12.1 Å². The molecule has 0 bridgehead atoms. The van der Waals surface area contributed by atoms with E-state index < -0.39 is 0 Å². The molecule has 1 aromatic heterocycles. The van der Waals surface area contributed by atoms with Gasteiger partial charge in [-0.3, -0.25) is 9.78 Å². The molecule has 3 aliphatic rings. The van der Waals surface area contributed by atoms with Crippen molar-refractivity contribution >= 4 is 22.4 Å². The number of rotatable bonds is 0. The first-order chi connectivity index (χ1) is 14.0. The number of carbonyl (C=O) groups excluding carboxylic acids is 1. The Hall–Kier alpha value is -2.99. The first-order valence-corrected chi connectivity index (χ1v) is 9.97. The molecular weight excluding hydrogens is 369 g/mol. The lowest BCUT2D eigenvalue weighted by Crippen LogP contribution is -2.59. The predicted octanol–water partition coefficient (Wildman–Crippen LogP) is 3.45. The van der Waals surface area contributed by atoms with Crippen molar-refractivity contribution in [3.63, 3.8) is 0 Å². The van der Waals surface area contributed by atoms with Crippen LogP contribution in [0.25, 0.3) is 22.0 Å². The van der Waals surface area contributed by atoms with Crippen molar-refractivity contribution in [2.75, 3.05) is 24.6 Å². The van der Waals surface area contributed by atoms with Crippen molar-refractivity contribution in [3.05, 3.63) is 53.0 Å². The molecule has 0 amide bonds. The van der Waals surface area contributed by atoms with Crippen molar-refractivity contribution in [2.45, 2.75) is 25.9 Å². The van der Waals surface area contributed by atoms with E-state index in [4.69, 9.17) is 4.74 Å². The Morgan fingerprint density at radius 3 is 3.00 bits per heavy atom. The summed E-state index contributed by atoms with van der Waals surface area (Å²) in [7, 11) is 0. The van der Waals surface area contributed by atoms with E-state index in [-0.39, 0.29) is 17.6 Å². The highest BCUT2D eigenvalue weighted by atomic mass is 19.1. The Morgan fingerprint density at radius 2 is 2.14 bits per heavy atom. The number of nitrogens with one attached hydrogen (secondary N) is 1. The summed E-state index contributed by atoms with van der Waals surface area (Å²) in [4.78, 5) is 20.1. The molecule has 1 N–H and O–H groups in total. The second-order valence-corrected chi connectivity index (χ2v) is 8.21. The second-order valence-electron chi connectivity index (χ2n) is 8.21. The summed E-state index contributed by atoms with van der Waals surface area (Å²) in [5, 5.41) is 4.41. The molecule has 0 saturated carbocycles. The number of carbonyl (C=O) groups is 1. The highest BCUT2D eigenvalue weighted by Gasteiger charge is 2.36. The lowest BCUT2D eigenvalue weighted by Gasteiger charge is -2.44. The van der Waals surface area contributed by atoms with Crippen molar-refractivity contribution in [1.82, 2.24) is 10.3 Å². The highest BCUT2D eigenvalue weighted by Crippen LogP contribution is 2.47. The van der Waals surface area contributed by atoms with Crippen LogP contribution >= 0.6 is 0 Å². The van der Waals surface area contributed by atoms with Crippen molar-refractivity contribution in [2.24, 2.45) is 0 Å². The molecule has 0 radical (unpaired) electrons. The maximum atomic E-state index is 14.7. The third-order valence-electron chi connectivity index (χ3n) is 6.43. The molecule has 1 fully saturated rings.